The summed E-state index contributed by atoms with van der Waals surface area (Å²) in [5.74, 6) is 1.37. The number of rotatable bonds is 5. The lowest BCUT2D eigenvalue weighted by atomic mass is 9.92. The minimum Gasteiger partial charge on any atom is -0.475 e. The van der Waals surface area contributed by atoms with E-state index in [-0.39, 0.29) is 5.91 Å². The zero-order valence-electron chi connectivity index (χ0n) is 13.5. The van der Waals surface area contributed by atoms with Gasteiger partial charge in [-0.2, -0.15) is 0 Å². The molecular weight excluding hydrogens is 264 g/mol. The first kappa shape index (κ1) is 15.7. The van der Waals surface area contributed by atoms with E-state index in [1.54, 1.807) is 0 Å². The van der Waals surface area contributed by atoms with E-state index in [0.717, 1.165) is 17.9 Å². The third-order valence-corrected chi connectivity index (χ3v) is 4.29. The van der Waals surface area contributed by atoms with Gasteiger partial charge < -0.3 is 15.4 Å². The Bertz CT molecular complexity index is 522. The third-order valence-electron chi connectivity index (χ3n) is 4.29. The Kier molecular flexibility index (Phi) is 4.45. The second kappa shape index (κ2) is 5.96. The lowest BCUT2D eigenvalue weighted by Crippen LogP contribution is -2.56. The van der Waals surface area contributed by atoms with Crippen LogP contribution in [0, 0.1) is 5.92 Å². The van der Waals surface area contributed by atoms with Gasteiger partial charge in [0.05, 0.1) is 5.69 Å². The van der Waals surface area contributed by atoms with E-state index < -0.39 is 5.60 Å². The number of hydrogen-bond acceptors (Lipinski definition) is 3. The fraction of sp³-hybridized carbons (Fsp3) is 0.588. The number of nitrogen functional groups attached to an aromatic ring is 1. The van der Waals surface area contributed by atoms with Crippen LogP contribution < -0.4 is 15.4 Å². The maximum atomic E-state index is 13.0. The van der Waals surface area contributed by atoms with Crippen molar-refractivity contribution in [3.8, 4) is 5.75 Å². The predicted molar refractivity (Wildman–Crippen MR) is 86.6 cm³/mol. The number of anilines is 2. The number of benzene rings is 1. The van der Waals surface area contributed by atoms with Gasteiger partial charge in [0.15, 0.2) is 5.60 Å². The van der Waals surface area contributed by atoms with E-state index in [1.165, 1.54) is 0 Å². The highest BCUT2D eigenvalue weighted by Gasteiger charge is 2.45. The van der Waals surface area contributed by atoms with Crippen LogP contribution in [0.2, 0.25) is 0 Å². The number of hydrogen-bond donors (Lipinski definition) is 1. The molecule has 116 valence electrons. The van der Waals surface area contributed by atoms with Crippen molar-refractivity contribution in [3.63, 3.8) is 0 Å². The Morgan fingerprint density at radius 2 is 1.95 bits per heavy atom. The molecule has 0 unspecified atom stereocenters. The SMILES string of the molecule is CCC1(CC)Oc2ccc(N)cc2N(CCC(C)C)C1=O. The van der Waals surface area contributed by atoms with E-state index >= 15 is 0 Å². The van der Waals surface area contributed by atoms with Crippen LogP contribution >= 0.6 is 0 Å². The van der Waals surface area contributed by atoms with Gasteiger partial charge in [0.25, 0.3) is 5.91 Å². The summed E-state index contributed by atoms with van der Waals surface area (Å²) in [4.78, 5) is 14.8. The molecule has 1 aromatic rings. The minimum atomic E-state index is -0.736. The lowest BCUT2D eigenvalue weighted by Gasteiger charge is -2.42. The molecule has 4 nitrogen and oxygen atoms in total. The van der Waals surface area contributed by atoms with Crippen LogP contribution in [0.3, 0.4) is 0 Å². The molecule has 4 heteroatoms. The summed E-state index contributed by atoms with van der Waals surface area (Å²) in [5, 5.41) is 0. The van der Waals surface area contributed by atoms with Gasteiger partial charge in [0.1, 0.15) is 5.75 Å². The van der Waals surface area contributed by atoms with Crippen molar-refractivity contribution in [2.75, 3.05) is 17.2 Å². The van der Waals surface area contributed by atoms with Gasteiger partial charge >= 0.3 is 0 Å². The highest BCUT2D eigenvalue weighted by atomic mass is 16.5. The van der Waals surface area contributed by atoms with Crippen LogP contribution in [-0.2, 0) is 4.79 Å². The van der Waals surface area contributed by atoms with Gasteiger partial charge in [-0.05, 0) is 43.4 Å². The normalized spacial score (nSPS) is 16.8. The minimum absolute atomic E-state index is 0.0613. The van der Waals surface area contributed by atoms with Crippen molar-refractivity contribution in [3.05, 3.63) is 18.2 Å². The van der Waals surface area contributed by atoms with Crippen molar-refractivity contribution < 1.29 is 9.53 Å². The zero-order valence-corrected chi connectivity index (χ0v) is 13.5. The first-order valence-corrected chi connectivity index (χ1v) is 7.84. The molecular formula is C17H26N2O2. The molecule has 1 heterocycles. The van der Waals surface area contributed by atoms with E-state index in [1.807, 2.05) is 36.9 Å². The Morgan fingerprint density at radius 1 is 1.29 bits per heavy atom. The molecule has 0 radical (unpaired) electrons. The Hall–Kier alpha value is -1.71. The molecule has 1 aliphatic heterocycles. The number of fused-ring (bicyclic) bond motifs is 1. The summed E-state index contributed by atoms with van der Waals surface area (Å²) in [7, 11) is 0. The van der Waals surface area contributed by atoms with Crippen LogP contribution in [0.1, 0.15) is 47.0 Å². The molecule has 1 aromatic carbocycles. The van der Waals surface area contributed by atoms with Gasteiger partial charge in [-0.15, -0.1) is 0 Å². The maximum Gasteiger partial charge on any atom is 0.271 e. The van der Waals surface area contributed by atoms with E-state index in [2.05, 4.69) is 13.8 Å². The summed E-state index contributed by atoms with van der Waals surface area (Å²) in [6.07, 6.45) is 2.30. The quantitative estimate of drug-likeness (QED) is 0.843. The fourth-order valence-corrected chi connectivity index (χ4v) is 2.75. The molecule has 0 aliphatic carbocycles. The van der Waals surface area contributed by atoms with Crippen LogP contribution in [0.5, 0.6) is 5.75 Å². The molecule has 0 aromatic heterocycles. The highest BCUT2D eigenvalue weighted by Crippen LogP contribution is 2.41. The van der Waals surface area contributed by atoms with Crippen LogP contribution in [0.4, 0.5) is 11.4 Å². The number of nitrogens with zero attached hydrogens (tertiary/aromatic N) is 1. The highest BCUT2D eigenvalue weighted by molar-refractivity contribution is 6.03. The van der Waals surface area contributed by atoms with Crippen molar-refractivity contribution in [1.82, 2.24) is 0 Å². The first-order chi connectivity index (χ1) is 9.93. The molecule has 0 fully saturated rings. The number of amides is 1. The summed E-state index contributed by atoms with van der Waals surface area (Å²) in [6.45, 7) is 9.04. The molecule has 0 spiro atoms. The fourth-order valence-electron chi connectivity index (χ4n) is 2.75. The molecule has 2 N–H and O–H groups in total. The van der Waals surface area contributed by atoms with Crippen LogP contribution in [-0.4, -0.2) is 18.1 Å². The summed E-state index contributed by atoms with van der Waals surface area (Å²) in [6, 6.07) is 5.54. The Morgan fingerprint density at radius 3 is 2.52 bits per heavy atom. The van der Waals surface area contributed by atoms with Gasteiger partial charge in [-0.1, -0.05) is 27.7 Å². The number of carbonyl (C=O) groups is 1. The summed E-state index contributed by atoms with van der Waals surface area (Å²) >= 11 is 0. The molecule has 0 saturated heterocycles. The zero-order chi connectivity index (χ0) is 15.6. The van der Waals surface area contributed by atoms with E-state index in [0.29, 0.717) is 31.0 Å². The van der Waals surface area contributed by atoms with Crippen LogP contribution in [0.15, 0.2) is 18.2 Å². The first-order valence-electron chi connectivity index (χ1n) is 7.84. The summed E-state index contributed by atoms with van der Waals surface area (Å²) < 4.78 is 6.08. The average Bonchev–Trinajstić information content (AvgIpc) is 2.46. The largest absolute Gasteiger partial charge is 0.475 e. The second-order valence-corrected chi connectivity index (χ2v) is 6.17. The second-order valence-electron chi connectivity index (χ2n) is 6.17. The number of nitrogens with two attached hydrogens (primary N) is 1. The smallest absolute Gasteiger partial charge is 0.271 e. The average molecular weight is 290 g/mol. The molecule has 2 rings (SSSR count). The van der Waals surface area contributed by atoms with Gasteiger partial charge in [-0.3, -0.25) is 4.79 Å². The van der Waals surface area contributed by atoms with Crippen molar-refractivity contribution in [2.45, 2.75) is 52.6 Å². The molecule has 0 saturated carbocycles. The molecule has 1 amide bonds. The van der Waals surface area contributed by atoms with E-state index in [9.17, 15) is 4.79 Å². The molecule has 21 heavy (non-hydrogen) atoms. The molecule has 0 bridgehead atoms. The van der Waals surface area contributed by atoms with Crippen LogP contribution in [0.25, 0.3) is 0 Å². The monoisotopic (exact) mass is 290 g/mol. The molecule has 1 aliphatic rings. The number of carbonyl (C=O) groups excluding carboxylic acids is 1. The van der Waals surface area contributed by atoms with Crippen molar-refractivity contribution in [1.29, 1.82) is 0 Å². The standard InChI is InChI=1S/C17H26N2O2/c1-5-17(6-2)16(20)19(10-9-12(3)4)14-11-13(18)7-8-15(14)21-17/h7-8,11-12H,5-6,9-10,18H2,1-4H3. The van der Waals surface area contributed by atoms with Crippen molar-refractivity contribution >= 4 is 17.3 Å². The predicted octanol–water partition coefficient (Wildman–Crippen LogP) is 3.60. The third kappa shape index (κ3) is 2.85. The topological polar surface area (TPSA) is 55.6 Å². The van der Waals surface area contributed by atoms with Gasteiger partial charge in [0.2, 0.25) is 0 Å². The number of ether oxygens (including phenoxy) is 1. The lowest BCUT2D eigenvalue weighted by molar-refractivity contribution is -0.136. The Balaban J connectivity index is 2.44. The Labute approximate surface area is 127 Å². The molecule has 0 atom stereocenters. The van der Waals surface area contributed by atoms with Crippen molar-refractivity contribution in [2.24, 2.45) is 5.92 Å². The van der Waals surface area contributed by atoms with E-state index in [4.69, 9.17) is 10.5 Å². The van der Waals surface area contributed by atoms with Gasteiger partial charge in [-0.25, -0.2) is 0 Å². The summed E-state index contributed by atoms with van der Waals surface area (Å²) in [5.41, 5.74) is 6.61. The van der Waals surface area contributed by atoms with Gasteiger partial charge in [0, 0.05) is 12.2 Å². The maximum absolute atomic E-state index is 13.0.